The summed E-state index contributed by atoms with van der Waals surface area (Å²) in [5, 5.41) is 2.66. The van der Waals surface area contributed by atoms with Crippen molar-refractivity contribution in [2.45, 2.75) is 39.0 Å². The first kappa shape index (κ1) is 31.2. The number of aromatic nitrogens is 3. The van der Waals surface area contributed by atoms with Gasteiger partial charge in [-0.05, 0) is 85.0 Å². The highest BCUT2D eigenvalue weighted by molar-refractivity contribution is 5.94. The monoisotopic (exact) mass is 625 g/mol. The molecule has 2 amide bonds. The molecule has 2 heterocycles. The van der Waals surface area contributed by atoms with Crippen molar-refractivity contribution < 1.29 is 35.9 Å². The Labute approximate surface area is 252 Å². The molecule has 0 spiro atoms. The number of hydrogen-bond donors (Lipinski definition) is 2. The van der Waals surface area contributed by atoms with Gasteiger partial charge in [-0.2, -0.15) is 13.2 Å². The molecule has 2 aromatic heterocycles. The second kappa shape index (κ2) is 12.1. The molecule has 7 nitrogen and oxygen atoms in total. The highest BCUT2D eigenvalue weighted by Gasteiger charge is 2.38. The number of halogens is 6. The second-order valence-electron chi connectivity index (χ2n) is 10.5. The molecule has 0 saturated carbocycles. The molecule has 45 heavy (non-hydrogen) atoms. The van der Waals surface area contributed by atoms with Crippen LogP contribution >= 0.6 is 0 Å². The van der Waals surface area contributed by atoms with Gasteiger partial charge in [0, 0.05) is 17.8 Å². The highest BCUT2D eigenvalue weighted by Crippen LogP contribution is 2.33. The van der Waals surface area contributed by atoms with Gasteiger partial charge in [-0.25, -0.2) is 18.2 Å². The zero-order chi connectivity index (χ0) is 32.6. The number of alkyl halides is 3. The summed E-state index contributed by atoms with van der Waals surface area (Å²) in [6.45, 7) is 2.65. The summed E-state index contributed by atoms with van der Waals surface area (Å²) in [6.07, 6.45) is -3.74. The van der Waals surface area contributed by atoms with Gasteiger partial charge in [-0.3, -0.25) is 14.6 Å². The number of fused-ring (bicyclic) bond motifs is 1. The second-order valence-corrected chi connectivity index (χ2v) is 10.5. The van der Waals surface area contributed by atoms with E-state index in [2.05, 4.69) is 15.3 Å². The van der Waals surface area contributed by atoms with Crippen molar-refractivity contribution in [3.05, 3.63) is 118 Å². The Morgan fingerprint density at radius 3 is 2.31 bits per heavy atom. The van der Waals surface area contributed by atoms with Crippen LogP contribution in [0.2, 0.25) is 0 Å². The average molecular weight is 626 g/mol. The minimum Gasteiger partial charge on any atom is -0.366 e. The molecular weight excluding hydrogens is 600 g/mol. The van der Waals surface area contributed by atoms with Crippen LogP contribution in [0.25, 0.3) is 22.2 Å². The Balaban J connectivity index is 1.58. The number of imidazole rings is 1. The number of nitrogens with two attached hydrogens (primary N) is 1. The number of hydrogen-bond acceptors (Lipinski definition) is 4. The molecule has 0 saturated heterocycles. The number of amides is 2. The van der Waals surface area contributed by atoms with Gasteiger partial charge < -0.3 is 15.6 Å². The van der Waals surface area contributed by atoms with Gasteiger partial charge in [0.05, 0.1) is 28.3 Å². The third-order valence-electron chi connectivity index (χ3n) is 7.33. The van der Waals surface area contributed by atoms with Crippen molar-refractivity contribution in [3.63, 3.8) is 0 Å². The summed E-state index contributed by atoms with van der Waals surface area (Å²) in [7, 11) is 0. The molecule has 0 fully saturated rings. The van der Waals surface area contributed by atoms with E-state index in [1.54, 1.807) is 19.9 Å². The predicted octanol–water partition coefficient (Wildman–Crippen LogP) is 6.35. The quantitative estimate of drug-likeness (QED) is 0.196. The van der Waals surface area contributed by atoms with Crippen molar-refractivity contribution in [2.75, 3.05) is 0 Å². The van der Waals surface area contributed by atoms with Crippen LogP contribution in [-0.4, -0.2) is 26.3 Å². The summed E-state index contributed by atoms with van der Waals surface area (Å²) in [5.41, 5.74) is 7.29. The normalized spacial score (nSPS) is 12.4. The molecule has 0 unspecified atom stereocenters. The van der Waals surface area contributed by atoms with E-state index in [0.29, 0.717) is 17.2 Å². The maximum absolute atomic E-state index is 14.3. The number of carbonyl (C=O) groups is 2. The van der Waals surface area contributed by atoms with Gasteiger partial charge in [0.25, 0.3) is 5.91 Å². The maximum atomic E-state index is 14.3. The number of carbonyl (C=O) groups excluding carboxylic acids is 2. The minimum atomic E-state index is -4.88. The fraction of sp³-hybridized carbons (Fsp3) is 0.188. The first-order valence-electron chi connectivity index (χ1n) is 13.5. The van der Waals surface area contributed by atoms with E-state index in [1.165, 1.54) is 36.5 Å². The Kier molecular flexibility index (Phi) is 8.37. The molecule has 3 N–H and O–H groups in total. The van der Waals surface area contributed by atoms with Crippen molar-refractivity contribution in [2.24, 2.45) is 5.73 Å². The zero-order valence-corrected chi connectivity index (χ0v) is 23.8. The number of nitrogens with one attached hydrogen (secondary N) is 1. The lowest BCUT2D eigenvalue weighted by atomic mass is 9.94. The van der Waals surface area contributed by atoms with Crippen LogP contribution in [0.3, 0.4) is 0 Å². The summed E-state index contributed by atoms with van der Waals surface area (Å²) in [4.78, 5) is 33.4. The van der Waals surface area contributed by atoms with Gasteiger partial charge >= 0.3 is 6.18 Å². The Hall–Kier alpha value is -5.20. The van der Waals surface area contributed by atoms with E-state index >= 15 is 0 Å². The molecule has 1 atom stereocenters. The van der Waals surface area contributed by atoms with Crippen LogP contribution in [0.5, 0.6) is 0 Å². The van der Waals surface area contributed by atoms with Crippen LogP contribution < -0.4 is 11.1 Å². The van der Waals surface area contributed by atoms with Gasteiger partial charge in [-0.15, -0.1) is 0 Å². The summed E-state index contributed by atoms with van der Waals surface area (Å²) < 4.78 is 85.4. The van der Waals surface area contributed by atoms with E-state index in [0.717, 1.165) is 28.3 Å². The molecular formula is C32H25F6N5O2. The Bertz CT molecular complexity index is 1930. The molecule has 0 aliphatic rings. The number of pyridine rings is 1. The van der Waals surface area contributed by atoms with E-state index < -0.39 is 59.4 Å². The fourth-order valence-corrected chi connectivity index (χ4v) is 5.14. The van der Waals surface area contributed by atoms with Crippen LogP contribution in [0, 0.1) is 31.3 Å². The SMILES string of the molecule is Cc1cc2nc(C(F)(F)F)n(CC(=O)N[C@@H](Cc3cc(F)cc(F)c3)c3ncccc3-c3ccc(F)c(C(N)=O)c3)c2cc1C. The average Bonchev–Trinajstić information content (AvgIpc) is 3.29. The molecule has 0 aliphatic carbocycles. The standard InChI is InChI=1S/C32H25F6N5O2/c1-16-8-25-27(9-17(16)2)43(31(42-25)32(36,37)38)15-28(44)41-26(12-18-10-20(33)14-21(34)11-18)29-22(4-3-7-40-29)19-5-6-24(35)23(13-19)30(39)45/h3-11,13-14,26H,12,15H2,1-2H3,(H2,39,45)(H,41,44)/t26-/m0/s1. The van der Waals surface area contributed by atoms with Crippen LogP contribution in [0.15, 0.2) is 66.9 Å². The number of rotatable bonds is 8. The van der Waals surface area contributed by atoms with Gasteiger partial charge in [0.2, 0.25) is 11.7 Å². The number of nitrogens with zero attached hydrogens (tertiary/aromatic N) is 3. The molecule has 13 heteroatoms. The van der Waals surface area contributed by atoms with E-state index in [-0.39, 0.29) is 34.3 Å². The minimum absolute atomic E-state index is 0.0542. The van der Waals surface area contributed by atoms with E-state index in [1.807, 2.05) is 0 Å². The topological polar surface area (TPSA) is 103 Å². The molecule has 5 rings (SSSR count). The lowest BCUT2D eigenvalue weighted by molar-refractivity contribution is -0.147. The molecule has 5 aromatic rings. The van der Waals surface area contributed by atoms with E-state index in [9.17, 15) is 35.9 Å². The Morgan fingerprint density at radius 1 is 0.956 bits per heavy atom. The van der Waals surface area contributed by atoms with Crippen LogP contribution in [-0.2, 0) is 23.9 Å². The van der Waals surface area contributed by atoms with Crippen LogP contribution in [0.4, 0.5) is 26.3 Å². The highest BCUT2D eigenvalue weighted by atomic mass is 19.4. The van der Waals surface area contributed by atoms with Crippen molar-refractivity contribution in [1.29, 1.82) is 0 Å². The fourth-order valence-electron chi connectivity index (χ4n) is 5.14. The predicted molar refractivity (Wildman–Crippen MR) is 153 cm³/mol. The largest absolute Gasteiger partial charge is 0.449 e. The lowest BCUT2D eigenvalue weighted by Crippen LogP contribution is -2.34. The first-order chi connectivity index (χ1) is 21.2. The zero-order valence-electron chi connectivity index (χ0n) is 23.8. The summed E-state index contributed by atoms with van der Waals surface area (Å²) in [6, 6.07) is 11.3. The maximum Gasteiger partial charge on any atom is 0.449 e. The third-order valence-corrected chi connectivity index (χ3v) is 7.33. The molecule has 0 bridgehead atoms. The number of primary amides is 1. The van der Waals surface area contributed by atoms with Crippen molar-refractivity contribution in [1.82, 2.24) is 19.9 Å². The smallest absolute Gasteiger partial charge is 0.366 e. The van der Waals surface area contributed by atoms with Gasteiger partial charge in [0.15, 0.2) is 0 Å². The number of benzene rings is 3. The molecule has 232 valence electrons. The first-order valence-corrected chi connectivity index (χ1v) is 13.5. The Morgan fingerprint density at radius 2 is 1.64 bits per heavy atom. The lowest BCUT2D eigenvalue weighted by Gasteiger charge is -2.22. The van der Waals surface area contributed by atoms with E-state index in [4.69, 9.17) is 5.73 Å². The summed E-state index contributed by atoms with van der Waals surface area (Å²) in [5.74, 6) is -5.81. The molecule has 3 aromatic carbocycles. The van der Waals surface area contributed by atoms with Crippen LogP contribution in [0.1, 0.15) is 44.6 Å². The van der Waals surface area contributed by atoms with Crippen molar-refractivity contribution in [3.8, 4) is 11.1 Å². The van der Waals surface area contributed by atoms with Gasteiger partial charge in [0.1, 0.15) is 24.0 Å². The van der Waals surface area contributed by atoms with Gasteiger partial charge in [-0.1, -0.05) is 12.1 Å². The molecule has 0 radical (unpaired) electrons. The third kappa shape index (κ3) is 6.66. The molecule has 0 aliphatic heterocycles. The number of aryl methyl sites for hydroxylation is 2. The van der Waals surface area contributed by atoms with Crippen molar-refractivity contribution >= 4 is 22.8 Å². The summed E-state index contributed by atoms with van der Waals surface area (Å²) >= 11 is 0.